The van der Waals surface area contributed by atoms with Gasteiger partial charge in [0.1, 0.15) is 48.4 Å². The van der Waals surface area contributed by atoms with Crippen molar-refractivity contribution in [2.45, 2.75) is 172 Å². The summed E-state index contributed by atoms with van der Waals surface area (Å²) < 4.78 is 77.4. The molecular formula is C85H108AlBF4LiN10NaO19. The van der Waals surface area contributed by atoms with Crippen molar-refractivity contribution in [3.63, 3.8) is 0 Å². The summed E-state index contributed by atoms with van der Waals surface area (Å²) in [4.78, 5) is 128. The third-order valence-corrected chi connectivity index (χ3v) is 20.8. The molecule has 10 N–H and O–H groups in total. The number of nitrogens with zero attached hydrogens (tertiary/aromatic N) is 4. The van der Waals surface area contributed by atoms with E-state index in [0.717, 1.165) is 90.9 Å². The van der Waals surface area contributed by atoms with Gasteiger partial charge in [0.05, 0.1) is 38.5 Å². The number of aliphatic carboxylic acids is 1. The molecule has 29 nitrogen and oxygen atoms in total. The van der Waals surface area contributed by atoms with Crippen LogP contribution in [0.25, 0.3) is 0 Å². The van der Waals surface area contributed by atoms with Gasteiger partial charge in [0.2, 0.25) is 17.1 Å². The minimum Gasteiger partial charge on any atom is -1.00 e. The van der Waals surface area contributed by atoms with E-state index >= 15 is 0 Å². The van der Waals surface area contributed by atoms with Crippen molar-refractivity contribution in [3.8, 4) is 0 Å². The Hall–Kier alpha value is -9.04. The molecule has 6 saturated heterocycles. The number of hydrogen-bond donors (Lipinski definition) is 10. The Kier molecular flexibility index (Phi) is 45.0. The Morgan fingerprint density at radius 1 is 0.574 bits per heavy atom. The van der Waals surface area contributed by atoms with E-state index in [1.165, 1.54) is 80.4 Å². The molecule has 6 radical (unpaired) electrons. The van der Waals surface area contributed by atoms with Gasteiger partial charge in [-0.05, 0) is 197 Å². The van der Waals surface area contributed by atoms with Crippen LogP contribution in [0, 0.1) is 23.3 Å². The number of aliphatic hydroxyl groups is 3. The number of benzene rings is 6. The van der Waals surface area contributed by atoms with Crippen LogP contribution in [0.5, 0.6) is 0 Å². The smallest absolute Gasteiger partial charge is 1.00 e. The van der Waals surface area contributed by atoms with Crippen LogP contribution in [0.2, 0.25) is 0 Å². The minimum atomic E-state index is -1.52. The summed E-state index contributed by atoms with van der Waals surface area (Å²) in [7, 11) is 3.99. The van der Waals surface area contributed by atoms with Gasteiger partial charge in [-0.3, -0.25) is 34.3 Å². The van der Waals surface area contributed by atoms with Crippen molar-refractivity contribution in [2.24, 2.45) is 4.99 Å². The molecule has 7 aliphatic heterocycles. The molecule has 2 spiro atoms. The van der Waals surface area contributed by atoms with E-state index in [1.807, 2.05) is 0 Å². The zero-order chi connectivity index (χ0) is 83.8. The van der Waals surface area contributed by atoms with E-state index in [9.17, 15) is 70.6 Å². The Balaban J connectivity index is 0.000000778. The molecule has 0 aromatic heterocycles. The Morgan fingerprint density at radius 3 is 1.44 bits per heavy atom. The quantitative estimate of drug-likeness (QED) is 0.0279. The number of carbonyl (C=O) groups is 10. The molecular weight excluding hydrogens is 1610 g/mol. The van der Waals surface area contributed by atoms with Gasteiger partial charge >= 0.3 is 90.6 Å². The van der Waals surface area contributed by atoms with Crippen molar-refractivity contribution < 1.29 is 161 Å². The number of esters is 2. The number of amides is 9. The van der Waals surface area contributed by atoms with Crippen LogP contribution in [-0.4, -0.2) is 225 Å². The normalized spacial score (nSPS) is 21.7. The molecule has 2 aliphatic carbocycles. The number of aryl methyl sites for hydroxylation is 2. The summed E-state index contributed by atoms with van der Waals surface area (Å²) >= 11 is 0. The molecule has 15 rings (SSSR count). The summed E-state index contributed by atoms with van der Waals surface area (Å²) in [6, 6.07) is 33.1. The molecule has 0 saturated carbocycles. The number of carboxylic acids is 1. The summed E-state index contributed by atoms with van der Waals surface area (Å²) in [5, 5.41) is 51.4. The zero-order valence-corrected chi connectivity index (χ0v) is 71.3. The van der Waals surface area contributed by atoms with Crippen LogP contribution in [0.4, 0.5) is 48.1 Å². The van der Waals surface area contributed by atoms with Gasteiger partial charge in [-0.2, -0.15) is 0 Å². The summed E-state index contributed by atoms with van der Waals surface area (Å²) in [6.07, 6.45) is 8.21. The molecule has 648 valence electrons. The minimum absolute atomic E-state index is 0. The number of aliphatic imine (C=N–C) groups is 1. The first-order valence-electron chi connectivity index (χ1n) is 38.4. The number of carboxylic acid groups (broad SMARTS) is 1. The first-order chi connectivity index (χ1) is 55.8. The maximum atomic E-state index is 13.5. The SMILES string of the molecule is C.C.C1CCOC1.CCOC(=O)[C@H]1CCC(c2ccc(F)cc2)=N1.CCOC(=O)[C@H]1CCC(c2ccc(F)cc2)N1.CNC(=O)Nc1ccc2c(c1)CC[C@@]21OC(=O)N(CC(=O)N2C(c3ccc(F)cc3)CC[C@@H]2CO)C1=O.CNC(=O)Nc1ccc2c(c1)CC[C@@]21OC(=O)N(CC(=O)O)C1=O.CO.OC[C@H]1CCC(c2ccc(F)cc2)N1.[Al].[B].[H-].[H-].[Li+].[Na+]. The standard InChI is InChI=1S/C26H27FN4O6.C15H15N3O6.C13H16FNO2.C13H14FNO2.C11H14FNO.C4H8O.CH4O.2CH4.Al.B.Li.Na.2H/c1-28-24(35)29-18-6-8-20-16(12-18)10-11-26(20)23(34)30(25(36)37-26)13-22(33)31-19(14-32)7-9-21(31)15-2-4-17(27)5-3-15;1-16-13(22)17-9-2-3-10-8(6-9)4-5-15(10)12(21)18(7-11(19)20)14(23)24-15;2*1-2-17-13(16)12-8-7-11(15-12)9-3-5-10(14)6-4-9;12-9-3-1-8(2-4-9)11-6-5-10(7-14)13-11;1-2-4-5-3-1;1-2;;;;;;;;/h2-6,8,12,19,21,32H,7,9-11,13-14H2,1H3,(H2,28,29,35);2-3,6H,4-5,7H2,1H3,(H,19,20)(H2,16,17,22);3-6,11-12,15H,2,7-8H2,1H3;3-6,12H,2,7-8H2,1H3;1-4,10-11,13-14H,5-7H2;1-4H2;2H,1H3;2*1H4;;;;;;/q;;;;;;;;;;;2*+1;2*-1/t19-,21?,26-;15-;11?,12-;12-;10-,11?;;;;;;;;;;/m11111........../s1. The fraction of sp³-hybridized carbons (Fsp3) is 0.447. The molecule has 3 unspecified atom stereocenters. The number of nitrogens with one attached hydrogen (secondary N) is 6. The topological polar surface area (TPSA) is 392 Å². The molecule has 9 amide bonds. The third kappa shape index (κ3) is 27.2. The van der Waals surface area contributed by atoms with Crippen molar-refractivity contribution in [3.05, 3.63) is 201 Å². The molecule has 122 heavy (non-hydrogen) atoms. The molecule has 6 fully saturated rings. The van der Waals surface area contributed by atoms with Crippen LogP contribution in [0.15, 0.2) is 138 Å². The second-order valence-electron chi connectivity index (χ2n) is 28.1. The monoisotopic (exact) mass is 1720 g/mol. The second kappa shape index (κ2) is 51.3. The number of fused-ring (bicyclic) bond motifs is 4. The average molecular weight is 1720 g/mol. The molecule has 9 aliphatic rings. The summed E-state index contributed by atoms with van der Waals surface area (Å²) in [5.41, 5.74) is 5.23. The zero-order valence-electron chi connectivity index (χ0n) is 70.2. The van der Waals surface area contributed by atoms with Gasteiger partial charge < -0.3 is 78.4 Å². The molecule has 9 atom stereocenters. The number of likely N-dealkylation sites (tertiary alicyclic amines) is 1. The summed E-state index contributed by atoms with van der Waals surface area (Å²) in [6.45, 7) is 4.99. The molecule has 6 aromatic carbocycles. The molecule has 7 heterocycles. The number of imide groups is 2. The van der Waals surface area contributed by atoms with Crippen molar-refractivity contribution in [1.82, 2.24) is 36.0 Å². The number of halogens is 4. The number of anilines is 2. The van der Waals surface area contributed by atoms with Gasteiger partial charge in [0.25, 0.3) is 11.8 Å². The van der Waals surface area contributed by atoms with Crippen LogP contribution in [0.3, 0.4) is 0 Å². The first-order valence-corrected chi connectivity index (χ1v) is 38.4. The van der Waals surface area contributed by atoms with E-state index in [1.54, 1.807) is 98.8 Å². The van der Waals surface area contributed by atoms with Crippen molar-refractivity contribution in [1.29, 1.82) is 0 Å². The second-order valence-corrected chi connectivity index (χ2v) is 28.1. The third-order valence-electron chi connectivity index (χ3n) is 20.8. The van der Waals surface area contributed by atoms with Gasteiger partial charge in [0, 0.05) is 119 Å². The van der Waals surface area contributed by atoms with E-state index < -0.39 is 84.1 Å². The Bertz CT molecular complexity index is 4510. The molecule has 6 aromatic rings. The summed E-state index contributed by atoms with van der Waals surface area (Å²) in [5.74, 6) is -4.66. The van der Waals surface area contributed by atoms with Crippen LogP contribution in [0.1, 0.15) is 171 Å². The van der Waals surface area contributed by atoms with Crippen LogP contribution < -0.4 is 80.3 Å². The van der Waals surface area contributed by atoms with Crippen LogP contribution in [-0.2, 0) is 76.5 Å². The van der Waals surface area contributed by atoms with E-state index in [4.69, 9.17) is 39.0 Å². The average Bonchev–Trinajstić information content (AvgIpc) is 1.57. The maximum Gasteiger partial charge on any atom is 1.00 e. The fourth-order valence-electron chi connectivity index (χ4n) is 15.1. The number of ether oxygens (including phenoxy) is 5. The predicted octanol–water partition coefficient (Wildman–Crippen LogP) is 4.35. The van der Waals surface area contributed by atoms with Crippen LogP contribution >= 0.6 is 0 Å². The van der Waals surface area contributed by atoms with E-state index in [2.05, 4.69) is 36.9 Å². The number of urea groups is 2. The van der Waals surface area contributed by atoms with Crippen molar-refractivity contribution in [2.75, 3.05) is 84.6 Å². The maximum absolute atomic E-state index is 13.5. The Labute approximate surface area is 757 Å². The first kappa shape index (κ1) is 107. The van der Waals surface area contributed by atoms with Gasteiger partial charge in [-0.15, -0.1) is 0 Å². The predicted molar refractivity (Wildman–Crippen MR) is 441 cm³/mol. The van der Waals surface area contributed by atoms with E-state index in [-0.39, 0.29) is 184 Å². The largest absolute Gasteiger partial charge is 1.00 e. The molecule has 0 bridgehead atoms. The number of carbonyl (C=O) groups excluding carboxylic acids is 9. The van der Waals surface area contributed by atoms with Gasteiger partial charge in [0.15, 0.2) is 0 Å². The fourth-order valence-corrected chi connectivity index (χ4v) is 15.1. The number of hydrogen-bond acceptors (Lipinski definition) is 21. The van der Waals surface area contributed by atoms with Crippen molar-refractivity contribution >= 4 is 103 Å². The number of rotatable bonds is 16. The van der Waals surface area contributed by atoms with Gasteiger partial charge in [-0.1, -0.05) is 75.5 Å². The Morgan fingerprint density at radius 2 is 1.02 bits per heavy atom. The van der Waals surface area contributed by atoms with E-state index in [0.29, 0.717) is 78.3 Å². The number of aliphatic hydroxyl groups excluding tert-OH is 3. The molecule has 37 heteroatoms. The van der Waals surface area contributed by atoms with Gasteiger partial charge in [-0.25, -0.2) is 51.3 Å².